The maximum absolute atomic E-state index is 13.7. The van der Waals surface area contributed by atoms with Gasteiger partial charge in [0, 0.05) is 11.3 Å². The summed E-state index contributed by atoms with van der Waals surface area (Å²) in [6.45, 7) is 5.71. The van der Waals surface area contributed by atoms with Gasteiger partial charge in [-0.2, -0.15) is 0 Å². The van der Waals surface area contributed by atoms with E-state index in [1.165, 1.54) is 12.1 Å². The highest BCUT2D eigenvalue weighted by atomic mass is 19.1. The molecule has 20 heavy (non-hydrogen) atoms. The monoisotopic (exact) mass is 272 g/mol. The van der Waals surface area contributed by atoms with E-state index in [-0.39, 0.29) is 11.6 Å². The maximum Gasteiger partial charge on any atom is 0.256 e. The predicted molar refractivity (Wildman–Crippen MR) is 79.4 cm³/mol. The summed E-state index contributed by atoms with van der Waals surface area (Å²) >= 11 is 0. The second kappa shape index (κ2) is 5.33. The Morgan fingerprint density at radius 2 is 1.70 bits per heavy atom. The van der Waals surface area contributed by atoms with Crippen LogP contribution >= 0.6 is 0 Å². The van der Waals surface area contributed by atoms with Gasteiger partial charge in [0.25, 0.3) is 5.91 Å². The second-order valence-corrected chi connectivity index (χ2v) is 4.97. The first-order chi connectivity index (χ1) is 9.38. The molecule has 2 aromatic carbocycles. The molecule has 0 aromatic heterocycles. The van der Waals surface area contributed by atoms with Crippen LogP contribution in [0.2, 0.25) is 0 Å². The van der Waals surface area contributed by atoms with Crippen LogP contribution in [0.1, 0.15) is 27.0 Å². The average molecular weight is 272 g/mol. The molecular weight excluding hydrogens is 255 g/mol. The first kappa shape index (κ1) is 14.1. The number of amides is 1. The summed E-state index contributed by atoms with van der Waals surface area (Å²) in [6.07, 6.45) is 0. The van der Waals surface area contributed by atoms with Gasteiger partial charge in [0.15, 0.2) is 0 Å². The summed E-state index contributed by atoms with van der Waals surface area (Å²) < 4.78 is 13.7. The molecule has 0 saturated carbocycles. The topological polar surface area (TPSA) is 55.1 Å². The zero-order chi connectivity index (χ0) is 14.9. The Kier molecular flexibility index (Phi) is 3.74. The predicted octanol–water partition coefficient (Wildman–Crippen LogP) is 3.59. The fourth-order valence-corrected chi connectivity index (χ4v) is 2.36. The summed E-state index contributed by atoms with van der Waals surface area (Å²) in [6, 6.07) is 8.06. The molecule has 1 amide bonds. The molecule has 0 saturated heterocycles. The number of halogens is 1. The Morgan fingerprint density at radius 1 is 1.10 bits per heavy atom. The van der Waals surface area contributed by atoms with Crippen molar-refractivity contribution in [2.24, 2.45) is 0 Å². The fourth-order valence-electron chi connectivity index (χ4n) is 2.36. The molecule has 0 aliphatic carbocycles. The second-order valence-electron chi connectivity index (χ2n) is 4.97. The minimum atomic E-state index is -0.541. The summed E-state index contributed by atoms with van der Waals surface area (Å²) in [5.74, 6) is -0.857. The van der Waals surface area contributed by atoms with E-state index in [1.54, 1.807) is 6.07 Å². The number of aryl methyl sites for hydroxylation is 3. The van der Waals surface area contributed by atoms with Gasteiger partial charge in [-0.25, -0.2) is 4.39 Å². The van der Waals surface area contributed by atoms with E-state index in [0.29, 0.717) is 11.3 Å². The number of hydrogen-bond acceptors (Lipinski definition) is 2. The van der Waals surface area contributed by atoms with Crippen LogP contribution in [0.15, 0.2) is 30.3 Å². The molecule has 0 atom stereocenters. The number of hydrogen-bond donors (Lipinski definition) is 2. The van der Waals surface area contributed by atoms with Gasteiger partial charge in [0.2, 0.25) is 0 Å². The molecule has 0 spiro atoms. The normalized spacial score (nSPS) is 10.4. The van der Waals surface area contributed by atoms with Crippen molar-refractivity contribution in [1.82, 2.24) is 0 Å². The third-order valence-electron chi connectivity index (χ3n) is 3.15. The van der Waals surface area contributed by atoms with E-state index in [2.05, 4.69) is 5.32 Å². The first-order valence-corrected chi connectivity index (χ1v) is 6.32. The molecule has 3 N–H and O–H groups in total. The lowest BCUT2D eigenvalue weighted by Gasteiger charge is -2.12. The van der Waals surface area contributed by atoms with E-state index in [4.69, 9.17) is 5.73 Å². The summed E-state index contributed by atoms with van der Waals surface area (Å²) in [4.78, 5) is 12.3. The summed E-state index contributed by atoms with van der Waals surface area (Å²) in [5.41, 5.74) is 9.34. The zero-order valence-electron chi connectivity index (χ0n) is 11.8. The van der Waals surface area contributed by atoms with Gasteiger partial charge in [-0.15, -0.1) is 0 Å². The van der Waals surface area contributed by atoms with E-state index < -0.39 is 5.82 Å². The standard InChI is InChI=1S/C16H17FN2O/c1-9-6-10(2)15(11(3)7-9)16(20)19-14-5-4-12(18)8-13(14)17/h4-8H,18H2,1-3H3,(H,19,20). The molecule has 2 aromatic rings. The average Bonchev–Trinajstić information content (AvgIpc) is 2.31. The van der Waals surface area contributed by atoms with Gasteiger partial charge < -0.3 is 11.1 Å². The number of carbonyl (C=O) groups excluding carboxylic acids is 1. The largest absolute Gasteiger partial charge is 0.399 e. The van der Waals surface area contributed by atoms with E-state index in [0.717, 1.165) is 16.7 Å². The number of benzene rings is 2. The Bertz CT molecular complexity index is 657. The highest BCUT2D eigenvalue weighted by Gasteiger charge is 2.14. The van der Waals surface area contributed by atoms with Crippen molar-refractivity contribution in [3.05, 3.63) is 58.4 Å². The zero-order valence-corrected chi connectivity index (χ0v) is 11.8. The van der Waals surface area contributed by atoms with Crippen molar-refractivity contribution in [2.45, 2.75) is 20.8 Å². The van der Waals surface area contributed by atoms with Gasteiger partial charge in [0.05, 0.1) is 5.69 Å². The molecule has 0 aliphatic rings. The Labute approximate surface area is 117 Å². The lowest BCUT2D eigenvalue weighted by Crippen LogP contribution is -2.16. The van der Waals surface area contributed by atoms with Crippen LogP contribution < -0.4 is 11.1 Å². The Balaban J connectivity index is 2.33. The quantitative estimate of drug-likeness (QED) is 0.821. The SMILES string of the molecule is Cc1cc(C)c(C(=O)Nc2ccc(N)cc2F)c(C)c1. The third kappa shape index (κ3) is 2.79. The van der Waals surface area contributed by atoms with E-state index in [1.807, 2.05) is 32.9 Å². The molecule has 0 aliphatic heterocycles. The van der Waals surface area contributed by atoms with Crippen LogP contribution in [0.25, 0.3) is 0 Å². The van der Waals surface area contributed by atoms with Gasteiger partial charge in [-0.05, 0) is 50.1 Å². The maximum atomic E-state index is 13.7. The van der Waals surface area contributed by atoms with Gasteiger partial charge >= 0.3 is 0 Å². The minimum absolute atomic E-state index is 0.128. The fraction of sp³-hybridized carbons (Fsp3) is 0.188. The third-order valence-corrected chi connectivity index (χ3v) is 3.15. The Morgan fingerprint density at radius 3 is 2.25 bits per heavy atom. The van der Waals surface area contributed by atoms with Crippen LogP contribution in [-0.2, 0) is 0 Å². The molecule has 2 rings (SSSR count). The molecule has 4 heteroatoms. The molecule has 3 nitrogen and oxygen atoms in total. The van der Waals surface area contributed by atoms with Gasteiger partial charge in [0.1, 0.15) is 5.82 Å². The first-order valence-electron chi connectivity index (χ1n) is 6.32. The van der Waals surface area contributed by atoms with Crippen LogP contribution in [0.3, 0.4) is 0 Å². The van der Waals surface area contributed by atoms with Gasteiger partial charge in [-0.1, -0.05) is 17.7 Å². The number of carbonyl (C=O) groups is 1. The minimum Gasteiger partial charge on any atom is -0.399 e. The molecule has 0 fully saturated rings. The molecule has 0 unspecified atom stereocenters. The smallest absolute Gasteiger partial charge is 0.256 e. The van der Waals surface area contributed by atoms with Crippen LogP contribution in [-0.4, -0.2) is 5.91 Å². The van der Waals surface area contributed by atoms with Crippen LogP contribution in [0.5, 0.6) is 0 Å². The Hall–Kier alpha value is -2.36. The summed E-state index contributed by atoms with van der Waals surface area (Å²) in [7, 11) is 0. The van der Waals surface area contributed by atoms with Crippen molar-refractivity contribution in [1.29, 1.82) is 0 Å². The van der Waals surface area contributed by atoms with Crippen molar-refractivity contribution < 1.29 is 9.18 Å². The molecule has 0 heterocycles. The number of nitrogens with one attached hydrogen (secondary N) is 1. The van der Waals surface area contributed by atoms with E-state index in [9.17, 15) is 9.18 Å². The highest BCUT2D eigenvalue weighted by molar-refractivity contribution is 6.06. The van der Waals surface area contributed by atoms with E-state index >= 15 is 0 Å². The molecule has 0 bridgehead atoms. The number of nitrogens with two attached hydrogens (primary N) is 1. The summed E-state index contributed by atoms with van der Waals surface area (Å²) in [5, 5.41) is 2.59. The van der Waals surface area contributed by atoms with Gasteiger partial charge in [-0.3, -0.25) is 4.79 Å². The lowest BCUT2D eigenvalue weighted by atomic mass is 9.99. The number of anilines is 2. The number of nitrogen functional groups attached to an aromatic ring is 1. The molecular formula is C16H17FN2O. The van der Waals surface area contributed by atoms with Crippen molar-refractivity contribution in [3.63, 3.8) is 0 Å². The highest BCUT2D eigenvalue weighted by Crippen LogP contribution is 2.21. The van der Waals surface area contributed by atoms with Crippen molar-refractivity contribution in [2.75, 3.05) is 11.1 Å². The molecule has 104 valence electrons. The van der Waals surface area contributed by atoms with Crippen molar-refractivity contribution in [3.8, 4) is 0 Å². The molecule has 0 radical (unpaired) electrons. The van der Waals surface area contributed by atoms with Crippen LogP contribution in [0.4, 0.5) is 15.8 Å². The van der Waals surface area contributed by atoms with Crippen LogP contribution in [0, 0.1) is 26.6 Å². The number of rotatable bonds is 2. The lowest BCUT2D eigenvalue weighted by molar-refractivity contribution is 0.102. The van der Waals surface area contributed by atoms with Crippen molar-refractivity contribution >= 4 is 17.3 Å².